The molecule has 1 atom stereocenters. The number of fused-ring (bicyclic) bond motifs is 1. The van der Waals surface area contributed by atoms with Gasteiger partial charge in [0.2, 0.25) is 10.0 Å². The first-order valence-electron chi connectivity index (χ1n) is 10.4. The van der Waals surface area contributed by atoms with Crippen LogP contribution < -0.4 is 4.90 Å². The van der Waals surface area contributed by atoms with Crippen molar-refractivity contribution in [2.24, 2.45) is 11.8 Å². The molecule has 0 spiro atoms. The lowest BCUT2D eigenvalue weighted by Crippen LogP contribution is -2.48. The molecule has 1 aliphatic carbocycles. The summed E-state index contributed by atoms with van der Waals surface area (Å²) in [7, 11) is 0.561. The van der Waals surface area contributed by atoms with E-state index in [1.54, 1.807) is 17.7 Å². The molecule has 1 N–H and O–H groups in total. The van der Waals surface area contributed by atoms with Crippen LogP contribution in [-0.4, -0.2) is 72.8 Å². The largest absolute Gasteiger partial charge is 0.381 e. The average Bonchev–Trinajstić information content (AvgIpc) is 3.18. The molecule has 3 heterocycles. The normalized spacial score (nSPS) is 25.1. The number of H-pyrrole nitrogens is 1. The van der Waals surface area contributed by atoms with Crippen LogP contribution in [0.15, 0.2) is 18.6 Å². The average molecular weight is 422 g/mol. The van der Waals surface area contributed by atoms with E-state index in [9.17, 15) is 8.42 Å². The van der Waals surface area contributed by atoms with Crippen LogP contribution >= 0.6 is 0 Å². The molecule has 1 saturated carbocycles. The molecule has 9 heteroatoms. The molecular weight excluding hydrogens is 390 g/mol. The number of sulfonamides is 1. The summed E-state index contributed by atoms with van der Waals surface area (Å²) >= 11 is 0. The van der Waals surface area contributed by atoms with Gasteiger partial charge in [-0.05, 0) is 50.5 Å². The van der Waals surface area contributed by atoms with E-state index < -0.39 is 10.0 Å². The zero-order chi connectivity index (χ0) is 20.6. The highest BCUT2D eigenvalue weighted by atomic mass is 32.2. The first-order chi connectivity index (χ1) is 13.9. The summed E-state index contributed by atoms with van der Waals surface area (Å²) in [4.78, 5) is 14.0. The topological polar surface area (TPSA) is 91.4 Å². The minimum atomic E-state index is -3.20. The Morgan fingerprint density at radius 2 is 2.03 bits per heavy atom. The predicted molar refractivity (Wildman–Crippen MR) is 113 cm³/mol. The monoisotopic (exact) mass is 421 g/mol. The zero-order valence-electron chi connectivity index (χ0n) is 17.4. The summed E-state index contributed by atoms with van der Waals surface area (Å²) in [5.74, 6) is 1.82. The Balaban J connectivity index is 1.31. The van der Waals surface area contributed by atoms with E-state index in [1.165, 1.54) is 0 Å². The Kier molecular flexibility index (Phi) is 5.81. The molecule has 8 nitrogen and oxygen atoms in total. The Bertz CT molecular complexity index is 932. The molecule has 2 aromatic rings. The molecular formula is C20H31N5O3S. The van der Waals surface area contributed by atoms with E-state index in [1.807, 2.05) is 19.3 Å². The van der Waals surface area contributed by atoms with E-state index in [2.05, 4.69) is 26.8 Å². The smallest absolute Gasteiger partial charge is 0.214 e. The van der Waals surface area contributed by atoms with Crippen LogP contribution in [0.4, 0.5) is 5.82 Å². The molecule has 0 amide bonds. The first kappa shape index (κ1) is 20.6. The molecule has 2 fully saturated rings. The standard InChI is InChI=1S/C20H31N5O3S/c1-14(28-3)16-5-8-25(9-6-16)29(26,27)12-15-10-17(11-15)24(2)20-18-4-7-21-19(18)22-13-23-20/h4,7,13-17H,5-6,8-12H2,1-3H3,(H,21,22,23)/t14?,15-,17+. The van der Waals surface area contributed by atoms with Gasteiger partial charge >= 0.3 is 0 Å². The predicted octanol–water partition coefficient (Wildman–Crippen LogP) is 2.25. The number of piperidine rings is 1. The number of rotatable bonds is 7. The van der Waals surface area contributed by atoms with Gasteiger partial charge in [-0.3, -0.25) is 0 Å². The molecule has 1 saturated heterocycles. The number of hydrogen-bond donors (Lipinski definition) is 1. The van der Waals surface area contributed by atoms with Crippen molar-refractivity contribution in [2.75, 3.05) is 37.9 Å². The van der Waals surface area contributed by atoms with Gasteiger partial charge in [0.15, 0.2) is 0 Å². The summed E-state index contributed by atoms with van der Waals surface area (Å²) in [6.45, 7) is 3.30. The van der Waals surface area contributed by atoms with Gasteiger partial charge in [0.05, 0.1) is 17.2 Å². The Hall–Kier alpha value is -1.71. The molecule has 0 aromatic carbocycles. The Morgan fingerprint density at radius 3 is 2.72 bits per heavy atom. The molecule has 29 heavy (non-hydrogen) atoms. The number of ether oxygens (including phenoxy) is 1. The van der Waals surface area contributed by atoms with Crippen molar-refractivity contribution in [3.05, 3.63) is 18.6 Å². The van der Waals surface area contributed by atoms with Gasteiger partial charge < -0.3 is 14.6 Å². The highest BCUT2D eigenvalue weighted by Crippen LogP contribution is 2.36. The van der Waals surface area contributed by atoms with Gasteiger partial charge in [-0.15, -0.1) is 0 Å². The van der Waals surface area contributed by atoms with Gasteiger partial charge in [-0.25, -0.2) is 22.7 Å². The maximum Gasteiger partial charge on any atom is 0.214 e. The van der Waals surface area contributed by atoms with Gasteiger partial charge in [-0.2, -0.15) is 0 Å². The number of nitrogens with one attached hydrogen (secondary N) is 1. The molecule has 1 unspecified atom stereocenters. The summed E-state index contributed by atoms with van der Waals surface area (Å²) in [6.07, 6.45) is 7.14. The highest BCUT2D eigenvalue weighted by molar-refractivity contribution is 7.89. The second kappa shape index (κ2) is 8.20. The lowest BCUT2D eigenvalue weighted by molar-refractivity contribution is 0.0450. The molecule has 0 radical (unpaired) electrons. The van der Waals surface area contributed by atoms with Gasteiger partial charge in [0, 0.05) is 39.5 Å². The van der Waals surface area contributed by atoms with Crippen molar-refractivity contribution in [1.29, 1.82) is 0 Å². The Morgan fingerprint density at radius 1 is 1.31 bits per heavy atom. The number of aromatic nitrogens is 3. The fraction of sp³-hybridized carbons (Fsp3) is 0.700. The minimum Gasteiger partial charge on any atom is -0.381 e. The summed E-state index contributed by atoms with van der Waals surface area (Å²) in [5, 5.41) is 0.999. The zero-order valence-corrected chi connectivity index (χ0v) is 18.2. The Labute approximate surface area is 172 Å². The first-order valence-corrected chi connectivity index (χ1v) is 12.0. The van der Waals surface area contributed by atoms with E-state index >= 15 is 0 Å². The molecule has 2 aromatic heterocycles. The third-order valence-electron chi connectivity index (χ3n) is 6.80. The van der Waals surface area contributed by atoms with E-state index in [0.717, 1.165) is 42.5 Å². The lowest BCUT2D eigenvalue weighted by atomic mass is 9.81. The van der Waals surface area contributed by atoms with Crippen molar-refractivity contribution < 1.29 is 13.2 Å². The maximum absolute atomic E-state index is 12.9. The van der Waals surface area contributed by atoms with Crippen LogP contribution in [0, 0.1) is 11.8 Å². The van der Waals surface area contributed by atoms with E-state index in [4.69, 9.17) is 4.74 Å². The van der Waals surface area contributed by atoms with Crippen molar-refractivity contribution in [2.45, 2.75) is 44.8 Å². The summed E-state index contributed by atoms with van der Waals surface area (Å²) in [5.41, 5.74) is 0.825. The van der Waals surface area contributed by atoms with Crippen LogP contribution in [0.3, 0.4) is 0 Å². The fourth-order valence-electron chi connectivity index (χ4n) is 4.68. The summed E-state index contributed by atoms with van der Waals surface area (Å²) < 4.78 is 32.9. The lowest BCUT2D eigenvalue weighted by Gasteiger charge is -2.42. The highest BCUT2D eigenvalue weighted by Gasteiger charge is 2.38. The molecule has 1 aliphatic heterocycles. The van der Waals surface area contributed by atoms with Crippen LogP contribution in [-0.2, 0) is 14.8 Å². The number of methoxy groups -OCH3 is 1. The van der Waals surface area contributed by atoms with Crippen LogP contribution in [0.5, 0.6) is 0 Å². The minimum absolute atomic E-state index is 0.191. The van der Waals surface area contributed by atoms with Crippen molar-refractivity contribution >= 4 is 26.9 Å². The third-order valence-corrected chi connectivity index (χ3v) is 8.84. The summed E-state index contributed by atoms with van der Waals surface area (Å²) in [6, 6.07) is 2.30. The molecule has 0 bridgehead atoms. The number of hydrogen-bond acceptors (Lipinski definition) is 6. The molecule has 160 valence electrons. The van der Waals surface area contributed by atoms with E-state index in [0.29, 0.717) is 25.0 Å². The van der Waals surface area contributed by atoms with Gasteiger partial charge in [-0.1, -0.05) is 0 Å². The maximum atomic E-state index is 12.9. The third kappa shape index (κ3) is 4.13. The second-order valence-electron chi connectivity index (χ2n) is 8.50. The van der Waals surface area contributed by atoms with Crippen LogP contribution in [0.25, 0.3) is 11.0 Å². The number of anilines is 1. The van der Waals surface area contributed by atoms with Gasteiger partial charge in [0.1, 0.15) is 17.8 Å². The van der Waals surface area contributed by atoms with E-state index in [-0.39, 0.29) is 17.8 Å². The number of aromatic amines is 1. The van der Waals surface area contributed by atoms with Crippen molar-refractivity contribution in [3.63, 3.8) is 0 Å². The quantitative estimate of drug-likeness (QED) is 0.737. The van der Waals surface area contributed by atoms with Crippen molar-refractivity contribution in [3.8, 4) is 0 Å². The van der Waals surface area contributed by atoms with Gasteiger partial charge in [0.25, 0.3) is 0 Å². The van der Waals surface area contributed by atoms with Crippen LogP contribution in [0.1, 0.15) is 32.6 Å². The SMILES string of the molecule is COC(C)C1CCN(S(=O)(=O)C[C@H]2C[C@@H](N(C)c3ncnc4[nH]ccc34)C2)CC1. The molecule has 4 rings (SSSR count). The fourth-order valence-corrected chi connectivity index (χ4v) is 6.53. The molecule has 2 aliphatic rings. The number of nitrogens with zero attached hydrogens (tertiary/aromatic N) is 4. The van der Waals surface area contributed by atoms with Crippen LogP contribution in [0.2, 0.25) is 0 Å². The second-order valence-corrected chi connectivity index (χ2v) is 10.5. The van der Waals surface area contributed by atoms with Crippen molar-refractivity contribution in [1.82, 2.24) is 19.3 Å².